The van der Waals surface area contributed by atoms with E-state index in [2.05, 4.69) is 26.2 Å². The van der Waals surface area contributed by atoms with E-state index in [4.69, 9.17) is 4.42 Å². The molecule has 1 aromatic carbocycles. The molecule has 7 heteroatoms. The summed E-state index contributed by atoms with van der Waals surface area (Å²) < 4.78 is 6.62. The highest BCUT2D eigenvalue weighted by Crippen LogP contribution is 2.30. The average molecular weight is 400 g/mol. The third-order valence-corrected chi connectivity index (χ3v) is 4.45. The molecule has 0 aliphatic heterocycles. The fourth-order valence-corrected chi connectivity index (χ4v) is 2.98. The Kier molecular flexibility index (Phi) is 4.89. The second kappa shape index (κ2) is 7.25. The summed E-state index contributed by atoms with van der Waals surface area (Å²) in [6.45, 7) is 0. The van der Waals surface area contributed by atoms with Crippen LogP contribution in [0.15, 0.2) is 62.4 Å². The van der Waals surface area contributed by atoms with Gasteiger partial charge in [-0.3, -0.25) is 10.1 Å². The lowest BCUT2D eigenvalue weighted by atomic mass is 10.2. The predicted octanol–water partition coefficient (Wildman–Crippen LogP) is 4.71. The van der Waals surface area contributed by atoms with Crippen molar-refractivity contribution in [3.8, 4) is 17.4 Å². The molecule has 1 N–H and O–H groups in total. The van der Waals surface area contributed by atoms with E-state index in [0.717, 1.165) is 10.0 Å². The number of carbonyl (C=O) groups excluding carboxylic acids is 1. The lowest BCUT2D eigenvalue weighted by Crippen LogP contribution is -2.13. The molecule has 2 heterocycles. The van der Waals surface area contributed by atoms with Gasteiger partial charge in [0.05, 0.1) is 0 Å². The van der Waals surface area contributed by atoms with E-state index in [-0.39, 0.29) is 5.57 Å². The van der Waals surface area contributed by atoms with Crippen LogP contribution in [-0.4, -0.2) is 10.9 Å². The SMILES string of the molecule is N#CC(=Cc1ccc(-c2ccccc2Br)o1)C(=O)Nc1nccs1. The number of nitriles is 1. The molecule has 0 radical (unpaired) electrons. The largest absolute Gasteiger partial charge is 0.457 e. The van der Waals surface area contributed by atoms with Crippen molar-refractivity contribution in [3.05, 3.63) is 63.8 Å². The zero-order chi connectivity index (χ0) is 16.9. The molecule has 0 aliphatic carbocycles. The number of amides is 1. The molecule has 0 atom stereocenters. The third kappa shape index (κ3) is 3.62. The molecule has 2 aromatic heterocycles. The van der Waals surface area contributed by atoms with Gasteiger partial charge in [-0.2, -0.15) is 5.26 Å². The maximum atomic E-state index is 12.1. The molecule has 24 heavy (non-hydrogen) atoms. The summed E-state index contributed by atoms with van der Waals surface area (Å²) >= 11 is 4.75. The molecule has 0 unspecified atom stereocenters. The lowest BCUT2D eigenvalue weighted by Gasteiger charge is -2.00. The first-order chi connectivity index (χ1) is 11.7. The smallest absolute Gasteiger partial charge is 0.268 e. The van der Waals surface area contributed by atoms with E-state index < -0.39 is 5.91 Å². The van der Waals surface area contributed by atoms with Crippen molar-refractivity contribution < 1.29 is 9.21 Å². The Hall–Kier alpha value is -2.69. The fourth-order valence-electron chi connectivity index (χ4n) is 1.98. The Balaban J connectivity index is 1.83. The minimum absolute atomic E-state index is 0.0572. The highest BCUT2D eigenvalue weighted by molar-refractivity contribution is 9.10. The van der Waals surface area contributed by atoms with E-state index in [0.29, 0.717) is 16.7 Å². The Morgan fingerprint density at radius 1 is 1.33 bits per heavy atom. The van der Waals surface area contributed by atoms with Crippen molar-refractivity contribution >= 4 is 44.4 Å². The molecule has 0 fully saturated rings. The van der Waals surface area contributed by atoms with Crippen LogP contribution < -0.4 is 5.32 Å². The predicted molar refractivity (Wildman–Crippen MR) is 96.2 cm³/mol. The van der Waals surface area contributed by atoms with Crippen LogP contribution in [-0.2, 0) is 4.79 Å². The maximum Gasteiger partial charge on any atom is 0.268 e. The number of rotatable bonds is 4. The molecule has 0 bridgehead atoms. The van der Waals surface area contributed by atoms with Gasteiger partial charge in [0.1, 0.15) is 23.2 Å². The van der Waals surface area contributed by atoms with Crippen LogP contribution in [0.1, 0.15) is 5.76 Å². The quantitative estimate of drug-likeness (QED) is 0.508. The van der Waals surface area contributed by atoms with Crippen LogP contribution in [0.2, 0.25) is 0 Å². The molecule has 3 rings (SSSR count). The summed E-state index contributed by atoms with van der Waals surface area (Å²) in [5, 5.41) is 14.0. The van der Waals surface area contributed by atoms with Crippen LogP contribution in [0.25, 0.3) is 17.4 Å². The first kappa shape index (κ1) is 16.2. The molecule has 3 aromatic rings. The number of nitrogens with zero attached hydrogens (tertiary/aromatic N) is 2. The number of halogens is 1. The van der Waals surface area contributed by atoms with E-state index in [1.165, 1.54) is 17.4 Å². The van der Waals surface area contributed by atoms with E-state index in [1.807, 2.05) is 30.3 Å². The number of aromatic nitrogens is 1. The number of nitrogens with one attached hydrogen (secondary N) is 1. The number of hydrogen-bond acceptors (Lipinski definition) is 5. The van der Waals surface area contributed by atoms with Gasteiger partial charge >= 0.3 is 0 Å². The Bertz CT molecular complexity index is 939. The standard InChI is InChI=1S/C17H10BrN3O2S/c18-14-4-2-1-3-13(14)15-6-5-12(23-15)9-11(10-19)16(22)21-17-20-7-8-24-17/h1-9H,(H,20,21,22). The minimum atomic E-state index is -0.522. The topological polar surface area (TPSA) is 78.9 Å². The van der Waals surface area contributed by atoms with Crippen LogP contribution in [0, 0.1) is 11.3 Å². The number of furan rings is 1. The number of hydrogen-bond donors (Lipinski definition) is 1. The van der Waals surface area contributed by atoms with Crippen molar-refractivity contribution in [2.75, 3.05) is 5.32 Å². The van der Waals surface area contributed by atoms with Gasteiger partial charge in [-0.25, -0.2) is 4.98 Å². The second-order valence-corrected chi connectivity index (χ2v) is 6.39. The van der Waals surface area contributed by atoms with Crippen molar-refractivity contribution in [1.29, 1.82) is 5.26 Å². The summed E-state index contributed by atoms with van der Waals surface area (Å²) in [5.41, 5.74) is 0.834. The zero-order valence-electron chi connectivity index (χ0n) is 12.2. The van der Waals surface area contributed by atoms with Crippen LogP contribution in [0.4, 0.5) is 5.13 Å². The van der Waals surface area contributed by atoms with E-state index in [9.17, 15) is 10.1 Å². The zero-order valence-corrected chi connectivity index (χ0v) is 14.6. The van der Waals surface area contributed by atoms with Gasteiger partial charge in [-0.05, 0) is 18.2 Å². The monoisotopic (exact) mass is 399 g/mol. The number of carbonyl (C=O) groups is 1. The van der Waals surface area contributed by atoms with Crippen molar-refractivity contribution in [1.82, 2.24) is 4.98 Å². The van der Waals surface area contributed by atoms with Crippen LogP contribution in [0.5, 0.6) is 0 Å². The molecule has 0 saturated heterocycles. The molecule has 1 amide bonds. The van der Waals surface area contributed by atoms with Crippen LogP contribution >= 0.6 is 27.3 Å². The highest BCUT2D eigenvalue weighted by atomic mass is 79.9. The molecular weight excluding hydrogens is 390 g/mol. The summed E-state index contributed by atoms with van der Waals surface area (Å²) in [6.07, 6.45) is 2.98. The third-order valence-electron chi connectivity index (χ3n) is 3.07. The normalized spacial score (nSPS) is 11.1. The molecule has 5 nitrogen and oxygen atoms in total. The van der Waals surface area contributed by atoms with Gasteiger partial charge in [-0.1, -0.05) is 34.1 Å². The second-order valence-electron chi connectivity index (χ2n) is 4.64. The summed E-state index contributed by atoms with van der Waals surface area (Å²) in [4.78, 5) is 16.0. The van der Waals surface area contributed by atoms with Gasteiger partial charge < -0.3 is 4.42 Å². The van der Waals surface area contributed by atoms with E-state index >= 15 is 0 Å². The Morgan fingerprint density at radius 2 is 2.17 bits per heavy atom. The van der Waals surface area contributed by atoms with Crippen LogP contribution in [0.3, 0.4) is 0 Å². The van der Waals surface area contributed by atoms with Gasteiger partial charge in [-0.15, -0.1) is 11.3 Å². The van der Waals surface area contributed by atoms with Gasteiger partial charge in [0.25, 0.3) is 5.91 Å². The van der Waals surface area contributed by atoms with E-state index in [1.54, 1.807) is 23.7 Å². The van der Waals surface area contributed by atoms with Gasteiger partial charge in [0.2, 0.25) is 0 Å². The van der Waals surface area contributed by atoms with Crippen molar-refractivity contribution in [2.24, 2.45) is 0 Å². The summed E-state index contributed by atoms with van der Waals surface area (Å²) in [7, 11) is 0. The number of anilines is 1. The summed E-state index contributed by atoms with van der Waals surface area (Å²) in [5.74, 6) is 0.546. The highest BCUT2D eigenvalue weighted by Gasteiger charge is 2.13. The molecular formula is C17H10BrN3O2S. The first-order valence-corrected chi connectivity index (χ1v) is 8.52. The number of benzene rings is 1. The first-order valence-electron chi connectivity index (χ1n) is 6.85. The maximum absolute atomic E-state index is 12.1. The molecule has 0 aliphatic rings. The van der Waals surface area contributed by atoms with Crippen molar-refractivity contribution in [2.45, 2.75) is 0 Å². The molecule has 0 saturated carbocycles. The minimum Gasteiger partial charge on any atom is -0.457 e. The Labute approximate surface area is 150 Å². The molecule has 118 valence electrons. The van der Waals surface area contributed by atoms with Gasteiger partial charge in [0, 0.05) is 27.7 Å². The lowest BCUT2D eigenvalue weighted by molar-refractivity contribution is -0.112. The Morgan fingerprint density at radius 3 is 2.88 bits per heavy atom. The summed E-state index contributed by atoms with van der Waals surface area (Å²) in [6, 6.07) is 13.0. The fraction of sp³-hybridized carbons (Fsp3) is 0. The molecule has 0 spiro atoms. The number of thiazole rings is 1. The van der Waals surface area contributed by atoms with Gasteiger partial charge in [0.15, 0.2) is 5.13 Å². The van der Waals surface area contributed by atoms with Crippen molar-refractivity contribution in [3.63, 3.8) is 0 Å². The average Bonchev–Trinajstić information content (AvgIpc) is 3.24.